The lowest BCUT2D eigenvalue weighted by molar-refractivity contribution is -0.384. The van der Waals surface area contributed by atoms with E-state index in [1.165, 1.54) is 12.1 Å². The number of nitrogens with one attached hydrogen (secondary N) is 2. The SMILES string of the molecule is CNc1cc(Nc2ccc(C#N)cc2Br)cc([N+](=O)[O-])c1. The van der Waals surface area contributed by atoms with E-state index in [-0.39, 0.29) is 5.69 Å². The molecule has 0 bridgehead atoms. The Morgan fingerprint density at radius 3 is 2.52 bits per heavy atom. The fraction of sp³-hybridized carbons (Fsp3) is 0.0714. The van der Waals surface area contributed by atoms with Crippen molar-refractivity contribution in [1.82, 2.24) is 0 Å². The second-order valence-electron chi connectivity index (χ2n) is 4.21. The number of nitro groups is 1. The summed E-state index contributed by atoms with van der Waals surface area (Å²) in [4.78, 5) is 10.5. The first kappa shape index (κ1) is 14.8. The summed E-state index contributed by atoms with van der Waals surface area (Å²) in [6.45, 7) is 0. The molecule has 0 aliphatic rings. The van der Waals surface area contributed by atoms with Gasteiger partial charge in [-0.1, -0.05) is 0 Å². The minimum absolute atomic E-state index is 0.00545. The molecule has 0 radical (unpaired) electrons. The average Bonchev–Trinajstić information content (AvgIpc) is 2.48. The smallest absolute Gasteiger partial charge is 0.273 e. The summed E-state index contributed by atoms with van der Waals surface area (Å²) in [5.41, 5.74) is 2.46. The lowest BCUT2D eigenvalue weighted by Gasteiger charge is -2.10. The van der Waals surface area contributed by atoms with Crippen molar-refractivity contribution in [2.24, 2.45) is 0 Å². The van der Waals surface area contributed by atoms with Crippen molar-refractivity contribution in [3.63, 3.8) is 0 Å². The van der Waals surface area contributed by atoms with E-state index >= 15 is 0 Å². The van der Waals surface area contributed by atoms with Crippen LogP contribution in [0.25, 0.3) is 0 Å². The summed E-state index contributed by atoms with van der Waals surface area (Å²) in [7, 11) is 1.69. The summed E-state index contributed by atoms with van der Waals surface area (Å²) in [5.74, 6) is 0. The van der Waals surface area contributed by atoms with Gasteiger partial charge < -0.3 is 10.6 Å². The molecule has 0 saturated carbocycles. The summed E-state index contributed by atoms with van der Waals surface area (Å²) >= 11 is 3.37. The fourth-order valence-corrected chi connectivity index (χ4v) is 2.25. The second-order valence-corrected chi connectivity index (χ2v) is 5.06. The van der Waals surface area contributed by atoms with Crippen LogP contribution in [0.1, 0.15) is 5.56 Å². The number of hydrogen-bond acceptors (Lipinski definition) is 5. The summed E-state index contributed by atoms with van der Waals surface area (Å²) in [5, 5.41) is 25.7. The molecule has 2 rings (SSSR count). The van der Waals surface area contributed by atoms with Gasteiger partial charge in [0.25, 0.3) is 5.69 Å². The maximum atomic E-state index is 10.9. The summed E-state index contributed by atoms with van der Waals surface area (Å²) < 4.78 is 0.707. The van der Waals surface area contributed by atoms with Crippen LogP contribution >= 0.6 is 15.9 Å². The Hall–Kier alpha value is -2.59. The van der Waals surface area contributed by atoms with E-state index in [0.29, 0.717) is 21.4 Å². The first-order valence-corrected chi connectivity index (χ1v) is 6.76. The predicted molar refractivity (Wildman–Crippen MR) is 84.8 cm³/mol. The van der Waals surface area contributed by atoms with Gasteiger partial charge in [0.2, 0.25) is 0 Å². The molecule has 0 spiro atoms. The highest BCUT2D eigenvalue weighted by atomic mass is 79.9. The number of nitro benzene ring substituents is 1. The van der Waals surface area contributed by atoms with E-state index in [4.69, 9.17) is 5.26 Å². The molecule has 2 aromatic rings. The lowest BCUT2D eigenvalue weighted by Crippen LogP contribution is -1.97. The van der Waals surface area contributed by atoms with Crippen molar-refractivity contribution in [3.05, 3.63) is 56.5 Å². The van der Waals surface area contributed by atoms with Gasteiger partial charge in [0, 0.05) is 35.0 Å². The quantitative estimate of drug-likeness (QED) is 0.644. The van der Waals surface area contributed by atoms with Gasteiger partial charge in [-0.25, -0.2) is 0 Å². The third-order valence-electron chi connectivity index (χ3n) is 2.79. The Labute approximate surface area is 129 Å². The predicted octanol–water partition coefficient (Wildman–Crippen LogP) is 4.01. The number of anilines is 3. The number of halogens is 1. The van der Waals surface area contributed by atoms with Crippen LogP contribution in [0.15, 0.2) is 40.9 Å². The van der Waals surface area contributed by atoms with E-state index in [1.807, 2.05) is 6.07 Å². The Morgan fingerprint density at radius 1 is 1.24 bits per heavy atom. The van der Waals surface area contributed by atoms with Gasteiger partial charge in [-0.05, 0) is 40.2 Å². The molecule has 6 nitrogen and oxygen atoms in total. The van der Waals surface area contributed by atoms with Gasteiger partial charge in [-0.3, -0.25) is 10.1 Å². The normalized spacial score (nSPS) is 9.76. The first-order valence-electron chi connectivity index (χ1n) is 5.97. The molecule has 106 valence electrons. The summed E-state index contributed by atoms with van der Waals surface area (Å²) in [6, 6.07) is 11.8. The fourth-order valence-electron chi connectivity index (χ4n) is 1.77. The zero-order valence-corrected chi connectivity index (χ0v) is 12.6. The molecule has 0 amide bonds. The van der Waals surface area contributed by atoms with Gasteiger partial charge in [-0.15, -0.1) is 0 Å². The van der Waals surface area contributed by atoms with Crippen LogP contribution in [0.3, 0.4) is 0 Å². The molecule has 2 aromatic carbocycles. The molecule has 2 N–H and O–H groups in total. The Bertz CT molecular complexity index is 740. The molecule has 0 atom stereocenters. The highest BCUT2D eigenvalue weighted by Gasteiger charge is 2.10. The van der Waals surface area contributed by atoms with Crippen LogP contribution in [-0.4, -0.2) is 12.0 Å². The minimum atomic E-state index is -0.445. The average molecular weight is 347 g/mol. The van der Waals surface area contributed by atoms with E-state index in [9.17, 15) is 10.1 Å². The number of benzene rings is 2. The molecule has 0 heterocycles. The van der Waals surface area contributed by atoms with Crippen molar-refractivity contribution in [2.45, 2.75) is 0 Å². The zero-order chi connectivity index (χ0) is 15.4. The van der Waals surface area contributed by atoms with Gasteiger partial charge in [0.15, 0.2) is 0 Å². The number of nitrogens with zero attached hydrogens (tertiary/aromatic N) is 2. The minimum Gasteiger partial charge on any atom is -0.388 e. The van der Waals surface area contributed by atoms with Crippen LogP contribution in [0.5, 0.6) is 0 Å². The maximum Gasteiger partial charge on any atom is 0.273 e. The Balaban J connectivity index is 2.37. The molecule has 0 aromatic heterocycles. The van der Waals surface area contributed by atoms with Crippen LogP contribution in [0.2, 0.25) is 0 Å². The highest BCUT2D eigenvalue weighted by molar-refractivity contribution is 9.10. The van der Waals surface area contributed by atoms with E-state index in [1.54, 1.807) is 31.3 Å². The molecule has 21 heavy (non-hydrogen) atoms. The Morgan fingerprint density at radius 2 is 1.95 bits per heavy atom. The molecule has 0 fully saturated rings. The van der Waals surface area contributed by atoms with Crippen molar-refractivity contribution in [3.8, 4) is 6.07 Å². The first-order chi connectivity index (χ1) is 10.0. The lowest BCUT2D eigenvalue weighted by atomic mass is 10.2. The molecular weight excluding hydrogens is 336 g/mol. The molecule has 7 heteroatoms. The molecule has 0 saturated heterocycles. The standard InChI is InChI=1S/C14H11BrN4O2/c1-17-10-5-11(7-12(6-10)19(20)21)18-14-3-2-9(8-16)4-13(14)15/h2-7,17-18H,1H3. The summed E-state index contributed by atoms with van der Waals surface area (Å²) in [6.07, 6.45) is 0. The third kappa shape index (κ3) is 3.49. The van der Waals surface area contributed by atoms with Crippen LogP contribution in [-0.2, 0) is 0 Å². The third-order valence-corrected chi connectivity index (χ3v) is 3.45. The molecular formula is C14H11BrN4O2. The molecule has 0 aliphatic heterocycles. The van der Waals surface area contributed by atoms with E-state index < -0.39 is 4.92 Å². The number of rotatable bonds is 4. The molecule has 0 aliphatic carbocycles. The molecule has 0 unspecified atom stereocenters. The number of non-ortho nitro benzene ring substituents is 1. The van der Waals surface area contributed by atoms with Crippen molar-refractivity contribution < 1.29 is 4.92 Å². The van der Waals surface area contributed by atoms with Crippen LogP contribution in [0, 0.1) is 21.4 Å². The van der Waals surface area contributed by atoms with Crippen molar-refractivity contribution >= 4 is 38.7 Å². The number of hydrogen-bond donors (Lipinski definition) is 2. The van der Waals surface area contributed by atoms with Gasteiger partial charge in [0.05, 0.1) is 22.2 Å². The monoisotopic (exact) mass is 346 g/mol. The Kier molecular flexibility index (Phi) is 4.40. The second kappa shape index (κ2) is 6.24. The largest absolute Gasteiger partial charge is 0.388 e. The van der Waals surface area contributed by atoms with Crippen molar-refractivity contribution in [1.29, 1.82) is 5.26 Å². The van der Waals surface area contributed by atoms with Gasteiger partial charge in [0.1, 0.15) is 0 Å². The van der Waals surface area contributed by atoms with Crippen molar-refractivity contribution in [2.75, 3.05) is 17.7 Å². The van der Waals surface area contributed by atoms with E-state index in [2.05, 4.69) is 26.6 Å². The topological polar surface area (TPSA) is 91.0 Å². The van der Waals surface area contributed by atoms with Crippen LogP contribution < -0.4 is 10.6 Å². The highest BCUT2D eigenvalue weighted by Crippen LogP contribution is 2.30. The number of nitriles is 1. The van der Waals surface area contributed by atoms with Gasteiger partial charge >= 0.3 is 0 Å². The maximum absolute atomic E-state index is 10.9. The zero-order valence-electron chi connectivity index (χ0n) is 11.1. The van der Waals surface area contributed by atoms with Gasteiger partial charge in [-0.2, -0.15) is 5.26 Å². The van der Waals surface area contributed by atoms with Crippen LogP contribution in [0.4, 0.5) is 22.7 Å². The van der Waals surface area contributed by atoms with E-state index in [0.717, 1.165) is 5.69 Å².